The summed E-state index contributed by atoms with van der Waals surface area (Å²) in [5.74, 6) is 3.37. The molecule has 4 nitrogen and oxygen atoms in total. The van der Waals surface area contributed by atoms with E-state index in [4.69, 9.17) is 0 Å². The zero-order valence-electron chi connectivity index (χ0n) is 21.3. The van der Waals surface area contributed by atoms with Gasteiger partial charge < -0.3 is 0 Å². The van der Waals surface area contributed by atoms with Crippen molar-refractivity contribution in [2.24, 2.45) is 20.1 Å². The van der Waals surface area contributed by atoms with Gasteiger partial charge in [-0.2, -0.15) is 0 Å². The fraction of sp³-hybridized carbons (Fsp3) is 0.731. The van der Waals surface area contributed by atoms with Crippen LogP contribution in [0.1, 0.15) is 109 Å². The van der Waals surface area contributed by atoms with Gasteiger partial charge in [0.1, 0.15) is 0 Å². The van der Waals surface area contributed by atoms with Crippen molar-refractivity contribution < 1.29 is 13.2 Å². The summed E-state index contributed by atoms with van der Waals surface area (Å²) in [5.41, 5.74) is 2.76. The van der Waals surface area contributed by atoms with Gasteiger partial charge in [-0.1, -0.05) is 0 Å². The Morgan fingerprint density at radius 3 is 1.94 bits per heavy atom. The summed E-state index contributed by atoms with van der Waals surface area (Å²) in [6.45, 7) is 17.3. The molecule has 3 unspecified atom stereocenters. The number of hydrogen-bond acceptors (Lipinski definition) is 3. The van der Waals surface area contributed by atoms with Gasteiger partial charge >= 0.3 is 200 Å². The van der Waals surface area contributed by atoms with E-state index < -0.39 is 29.1 Å². The van der Waals surface area contributed by atoms with Crippen LogP contribution in [0.15, 0.2) is 15.5 Å². The average Bonchev–Trinajstić information content (AvgIpc) is 3.00. The molecule has 0 radical (unpaired) electrons. The Morgan fingerprint density at radius 1 is 1.03 bits per heavy atom. The Kier molecular flexibility index (Phi) is 7.04. The number of carbonyl (C=O) groups is 1. The first-order valence-electron chi connectivity index (χ1n) is 12.0. The number of carbonyl (C=O) groups excluding carboxylic acids is 1. The third-order valence-electron chi connectivity index (χ3n) is 8.17. The fourth-order valence-corrected chi connectivity index (χ4v) is 13.3. The quantitative estimate of drug-likeness (QED) is 0.417. The normalized spacial score (nSPS) is 26.1. The zero-order chi connectivity index (χ0) is 24.2. The Balaban J connectivity index is 2.09. The van der Waals surface area contributed by atoms with Crippen molar-refractivity contribution in [3.63, 3.8) is 0 Å². The Hall–Kier alpha value is -0.841. The summed E-state index contributed by atoms with van der Waals surface area (Å²) in [6, 6.07) is 4.53. The van der Waals surface area contributed by atoms with E-state index in [0.29, 0.717) is 36.5 Å². The van der Waals surface area contributed by atoms with Crippen LogP contribution in [0, 0.1) is 16.7 Å². The second-order valence-corrected chi connectivity index (χ2v) is 16.8. The minimum atomic E-state index is -3.71. The van der Waals surface area contributed by atoms with E-state index in [2.05, 4.69) is 70.9 Å². The molecule has 6 heteroatoms. The topological polar surface area (TPSA) is 63.6 Å². The van der Waals surface area contributed by atoms with Crippen LogP contribution >= 0.6 is 0 Å². The second kappa shape index (κ2) is 8.74. The number of benzene rings is 1. The molecule has 1 aromatic rings. The number of fused-ring (bicyclic) bond motifs is 2. The molecular formula is C26H41NO3SSe. The van der Waals surface area contributed by atoms with Crippen LogP contribution in [0.5, 0.6) is 0 Å². The molecule has 0 amide bonds. The van der Waals surface area contributed by atoms with Gasteiger partial charge in [-0.25, -0.2) is 0 Å². The summed E-state index contributed by atoms with van der Waals surface area (Å²) >= 11 is -1.99. The molecule has 0 aromatic heterocycles. The van der Waals surface area contributed by atoms with E-state index in [0.717, 1.165) is 6.42 Å². The van der Waals surface area contributed by atoms with Gasteiger partial charge in [-0.05, 0) is 0 Å². The van der Waals surface area contributed by atoms with Crippen molar-refractivity contribution in [3.05, 3.63) is 28.8 Å². The molecule has 180 valence electrons. The van der Waals surface area contributed by atoms with Crippen molar-refractivity contribution in [1.82, 2.24) is 0 Å². The molecule has 2 aliphatic carbocycles. The van der Waals surface area contributed by atoms with Crippen molar-refractivity contribution in [1.29, 1.82) is 0 Å². The fourth-order valence-electron chi connectivity index (χ4n) is 5.88. The van der Waals surface area contributed by atoms with Crippen LogP contribution in [-0.2, 0) is 14.8 Å². The Morgan fingerprint density at radius 2 is 1.56 bits per heavy atom. The van der Waals surface area contributed by atoms with Crippen molar-refractivity contribution >= 4 is 34.0 Å². The van der Waals surface area contributed by atoms with Gasteiger partial charge in [0, 0.05) is 0 Å². The first kappa shape index (κ1) is 25.8. The molecule has 3 rings (SSSR count). The van der Waals surface area contributed by atoms with Gasteiger partial charge in [0.25, 0.3) is 0 Å². The van der Waals surface area contributed by atoms with E-state index in [9.17, 15) is 13.2 Å². The van der Waals surface area contributed by atoms with Crippen LogP contribution in [0.3, 0.4) is 0 Å². The monoisotopic (exact) mass is 527 g/mol. The van der Waals surface area contributed by atoms with Crippen LogP contribution in [0.4, 0.5) is 0 Å². The predicted octanol–water partition coefficient (Wildman–Crippen LogP) is 5.88. The summed E-state index contributed by atoms with van der Waals surface area (Å²) in [6.07, 6.45) is 2.16. The molecule has 0 N–H and O–H groups in total. The Bertz CT molecular complexity index is 1020. The van der Waals surface area contributed by atoms with Crippen molar-refractivity contribution in [2.75, 3.05) is 5.75 Å². The van der Waals surface area contributed by atoms with Crippen LogP contribution in [-0.4, -0.2) is 33.7 Å². The summed E-state index contributed by atoms with van der Waals surface area (Å²) in [4.78, 5) is 12.9. The molecule has 0 aliphatic heterocycles. The number of nitrogens with zero attached hydrogens (tertiary/aromatic N) is 1. The summed E-state index contributed by atoms with van der Waals surface area (Å²) in [7, 11) is -3.71. The molecule has 0 heterocycles. The number of Topliss-reactive ketones (excluding diaryl/α,β-unsaturated/α-hetero) is 1. The summed E-state index contributed by atoms with van der Waals surface area (Å²) in [5, 5.41) is 0. The third-order valence-corrected chi connectivity index (χ3v) is 14.5. The molecule has 0 saturated heterocycles. The van der Waals surface area contributed by atoms with Crippen LogP contribution in [0.2, 0.25) is 5.82 Å². The first-order chi connectivity index (χ1) is 14.6. The number of rotatable bonds is 7. The van der Waals surface area contributed by atoms with E-state index in [1.54, 1.807) is 0 Å². The van der Waals surface area contributed by atoms with Gasteiger partial charge in [0.15, 0.2) is 0 Å². The van der Waals surface area contributed by atoms with E-state index >= 15 is 0 Å². The molecule has 2 bridgehead atoms. The predicted molar refractivity (Wildman–Crippen MR) is 135 cm³/mol. The van der Waals surface area contributed by atoms with Crippen LogP contribution in [0.25, 0.3) is 0 Å². The Labute approximate surface area is 199 Å². The first-order valence-corrected chi connectivity index (χ1v) is 16.9. The van der Waals surface area contributed by atoms with Gasteiger partial charge in [-0.15, -0.1) is 0 Å². The maximum absolute atomic E-state index is 13.4. The van der Waals surface area contributed by atoms with Gasteiger partial charge in [0.2, 0.25) is 0 Å². The van der Waals surface area contributed by atoms with Crippen molar-refractivity contribution in [2.45, 2.75) is 98.2 Å². The summed E-state index contributed by atoms with van der Waals surface area (Å²) < 4.78 is 32.6. The SMILES string of the molecule is CC(C)c1cc(C(C)C)c(/[Se](C)=N/S(=O)(=O)CC23CCC(CC2=O)C3(C)C)c(C(C)C)c1. The zero-order valence-corrected chi connectivity index (χ0v) is 23.8. The molecule has 2 saturated carbocycles. The van der Waals surface area contributed by atoms with E-state index in [1.165, 1.54) is 21.2 Å². The molecule has 1 aromatic carbocycles. The second-order valence-electron chi connectivity index (χ2n) is 11.4. The van der Waals surface area contributed by atoms with Gasteiger partial charge in [-0.3, -0.25) is 0 Å². The van der Waals surface area contributed by atoms with E-state index in [-0.39, 0.29) is 17.0 Å². The van der Waals surface area contributed by atoms with E-state index in [1.807, 2.05) is 5.82 Å². The molecular weight excluding hydrogens is 485 g/mol. The maximum atomic E-state index is 13.4. The average molecular weight is 527 g/mol. The standard InChI is InChI=1S/C26H41NO3SSe/c1-16(2)19-12-21(17(3)4)24(22(13-19)18(5)6)32(9)27-31(29,30)15-26-11-10-20(14-23(26)28)25(26,7)8/h12-13,16-18,20H,10-11,14-15H2,1-9H3. The molecule has 2 aliphatic rings. The third kappa shape index (κ3) is 4.32. The number of hydrogen-bond donors (Lipinski definition) is 0. The van der Waals surface area contributed by atoms with Crippen LogP contribution < -0.4 is 4.46 Å². The molecule has 3 atom stereocenters. The van der Waals surface area contributed by atoms with Gasteiger partial charge in [0.05, 0.1) is 0 Å². The number of sulfonamides is 1. The minimum absolute atomic E-state index is 0.117. The van der Waals surface area contributed by atoms with Crippen molar-refractivity contribution in [3.8, 4) is 0 Å². The molecule has 2 fully saturated rings. The molecule has 0 spiro atoms. The molecule has 32 heavy (non-hydrogen) atoms. The number of ketones is 1.